The normalized spacial score (nSPS) is 11.2. The lowest BCUT2D eigenvalue weighted by Crippen LogP contribution is -2.14. The first-order valence-corrected chi connectivity index (χ1v) is 7.82. The molecule has 0 saturated carbocycles. The number of nitrogens with zero attached hydrogens (tertiary/aromatic N) is 4. The maximum atomic E-state index is 12.3. The van der Waals surface area contributed by atoms with E-state index >= 15 is 0 Å². The summed E-state index contributed by atoms with van der Waals surface area (Å²) in [6.45, 7) is 4.73. The van der Waals surface area contributed by atoms with Crippen LogP contribution < -0.4 is 10.6 Å². The Bertz CT molecular complexity index is 853. The number of carbonyl (C=O) groups is 1. The summed E-state index contributed by atoms with van der Waals surface area (Å²) >= 11 is 0. The fraction of sp³-hybridized carbons (Fsp3) is 0.294. The van der Waals surface area contributed by atoms with E-state index in [1.165, 1.54) is 12.4 Å². The number of amides is 1. The van der Waals surface area contributed by atoms with Crippen LogP contribution in [0, 0.1) is 0 Å². The zero-order chi connectivity index (χ0) is 17.1. The Morgan fingerprint density at radius 3 is 2.62 bits per heavy atom. The SMILES string of the molecule is CNCc1ncc(C(=O)Nc2ccc3c(cnn3C(C)C)c2)cn1. The molecule has 0 radical (unpaired) electrons. The highest BCUT2D eigenvalue weighted by molar-refractivity contribution is 6.04. The number of nitrogens with one attached hydrogen (secondary N) is 2. The Morgan fingerprint density at radius 2 is 1.96 bits per heavy atom. The topological polar surface area (TPSA) is 84.7 Å². The van der Waals surface area contributed by atoms with Crippen LogP contribution in [0.2, 0.25) is 0 Å². The lowest BCUT2D eigenvalue weighted by molar-refractivity contribution is 0.102. The minimum absolute atomic E-state index is 0.235. The largest absolute Gasteiger partial charge is 0.322 e. The van der Waals surface area contributed by atoms with Crippen LogP contribution in [-0.4, -0.2) is 32.7 Å². The Hall–Kier alpha value is -2.80. The molecule has 7 heteroatoms. The maximum Gasteiger partial charge on any atom is 0.258 e. The van der Waals surface area contributed by atoms with Gasteiger partial charge in [0.2, 0.25) is 0 Å². The number of benzene rings is 1. The third kappa shape index (κ3) is 3.26. The monoisotopic (exact) mass is 324 g/mol. The number of aromatic nitrogens is 4. The molecule has 3 aromatic rings. The van der Waals surface area contributed by atoms with E-state index in [1.807, 2.05) is 29.9 Å². The molecule has 0 aliphatic heterocycles. The van der Waals surface area contributed by atoms with Crippen LogP contribution in [0.3, 0.4) is 0 Å². The standard InChI is InChI=1S/C17H20N6O/c1-11(2)23-15-5-4-14(6-12(15)9-21-23)22-17(24)13-7-19-16(10-18-3)20-8-13/h4-9,11,18H,10H2,1-3H3,(H,22,24). The van der Waals surface area contributed by atoms with Crippen LogP contribution in [-0.2, 0) is 6.54 Å². The zero-order valence-electron chi connectivity index (χ0n) is 13.9. The summed E-state index contributed by atoms with van der Waals surface area (Å²) in [7, 11) is 1.82. The van der Waals surface area contributed by atoms with Gasteiger partial charge in [-0.3, -0.25) is 9.48 Å². The predicted octanol–water partition coefficient (Wildman–Crippen LogP) is 2.38. The van der Waals surface area contributed by atoms with Crippen molar-refractivity contribution in [2.75, 3.05) is 12.4 Å². The van der Waals surface area contributed by atoms with E-state index in [0.29, 0.717) is 17.9 Å². The Labute approximate surface area is 140 Å². The molecular formula is C17H20N6O. The lowest BCUT2D eigenvalue weighted by atomic mass is 10.2. The summed E-state index contributed by atoms with van der Waals surface area (Å²) < 4.78 is 1.95. The Balaban J connectivity index is 1.77. The summed E-state index contributed by atoms with van der Waals surface area (Å²) in [5.74, 6) is 0.415. The van der Waals surface area contributed by atoms with Gasteiger partial charge in [0.25, 0.3) is 5.91 Å². The van der Waals surface area contributed by atoms with E-state index in [-0.39, 0.29) is 11.9 Å². The van der Waals surface area contributed by atoms with Crippen molar-refractivity contribution in [3.8, 4) is 0 Å². The summed E-state index contributed by atoms with van der Waals surface area (Å²) in [5, 5.41) is 11.2. The molecule has 0 atom stereocenters. The lowest BCUT2D eigenvalue weighted by Gasteiger charge is -2.08. The zero-order valence-corrected chi connectivity index (χ0v) is 13.9. The van der Waals surface area contributed by atoms with Gasteiger partial charge >= 0.3 is 0 Å². The van der Waals surface area contributed by atoms with E-state index < -0.39 is 0 Å². The first kappa shape index (κ1) is 16.1. The van der Waals surface area contributed by atoms with Gasteiger partial charge in [0, 0.05) is 29.5 Å². The summed E-state index contributed by atoms with van der Waals surface area (Å²) in [5.41, 5.74) is 2.19. The minimum atomic E-state index is -0.235. The first-order valence-electron chi connectivity index (χ1n) is 7.82. The van der Waals surface area contributed by atoms with Gasteiger partial charge in [-0.15, -0.1) is 0 Å². The summed E-state index contributed by atoms with van der Waals surface area (Å²) in [6, 6.07) is 6.04. The second kappa shape index (κ2) is 6.76. The fourth-order valence-corrected chi connectivity index (χ4v) is 2.47. The molecule has 0 aliphatic rings. The second-order valence-corrected chi connectivity index (χ2v) is 5.83. The maximum absolute atomic E-state index is 12.3. The third-order valence-electron chi connectivity index (χ3n) is 3.64. The van der Waals surface area contributed by atoms with Crippen LogP contribution in [0.5, 0.6) is 0 Å². The highest BCUT2D eigenvalue weighted by Gasteiger charge is 2.10. The van der Waals surface area contributed by atoms with E-state index in [0.717, 1.165) is 16.6 Å². The highest BCUT2D eigenvalue weighted by Crippen LogP contribution is 2.21. The molecule has 0 unspecified atom stereocenters. The number of fused-ring (bicyclic) bond motifs is 1. The van der Waals surface area contributed by atoms with Gasteiger partial charge in [-0.25, -0.2) is 9.97 Å². The van der Waals surface area contributed by atoms with E-state index in [1.54, 1.807) is 6.20 Å². The van der Waals surface area contributed by atoms with Gasteiger partial charge in [0.05, 0.1) is 23.8 Å². The average Bonchev–Trinajstić information content (AvgIpc) is 2.99. The number of carbonyl (C=O) groups excluding carboxylic acids is 1. The van der Waals surface area contributed by atoms with Gasteiger partial charge in [-0.2, -0.15) is 5.10 Å². The van der Waals surface area contributed by atoms with Crippen molar-refractivity contribution in [2.45, 2.75) is 26.4 Å². The van der Waals surface area contributed by atoms with Crippen molar-refractivity contribution in [2.24, 2.45) is 0 Å². The molecule has 2 aromatic heterocycles. The van der Waals surface area contributed by atoms with Gasteiger partial charge < -0.3 is 10.6 Å². The fourth-order valence-electron chi connectivity index (χ4n) is 2.47. The van der Waals surface area contributed by atoms with Crippen LogP contribution >= 0.6 is 0 Å². The van der Waals surface area contributed by atoms with Crippen LogP contribution in [0.4, 0.5) is 5.69 Å². The third-order valence-corrected chi connectivity index (χ3v) is 3.64. The van der Waals surface area contributed by atoms with E-state index in [9.17, 15) is 4.79 Å². The van der Waals surface area contributed by atoms with Crippen molar-refractivity contribution in [3.63, 3.8) is 0 Å². The number of hydrogen-bond acceptors (Lipinski definition) is 5. The molecule has 3 rings (SSSR count). The van der Waals surface area contributed by atoms with Crippen molar-refractivity contribution in [1.29, 1.82) is 0 Å². The van der Waals surface area contributed by atoms with Crippen molar-refractivity contribution < 1.29 is 4.79 Å². The Kier molecular flexibility index (Phi) is 4.52. The average molecular weight is 324 g/mol. The highest BCUT2D eigenvalue weighted by atomic mass is 16.1. The molecule has 0 bridgehead atoms. The second-order valence-electron chi connectivity index (χ2n) is 5.83. The molecule has 24 heavy (non-hydrogen) atoms. The van der Waals surface area contributed by atoms with Gasteiger partial charge in [-0.05, 0) is 39.1 Å². The summed E-state index contributed by atoms with van der Waals surface area (Å²) in [4.78, 5) is 20.6. The first-order chi connectivity index (χ1) is 11.6. The molecule has 0 saturated heterocycles. The van der Waals surface area contributed by atoms with Crippen LogP contribution in [0.1, 0.15) is 36.1 Å². The predicted molar refractivity (Wildman–Crippen MR) is 92.9 cm³/mol. The molecule has 2 N–H and O–H groups in total. The molecular weight excluding hydrogens is 304 g/mol. The molecule has 0 fully saturated rings. The van der Waals surface area contributed by atoms with Crippen LogP contribution in [0.15, 0.2) is 36.8 Å². The van der Waals surface area contributed by atoms with Crippen molar-refractivity contribution in [1.82, 2.24) is 25.1 Å². The van der Waals surface area contributed by atoms with Gasteiger partial charge in [0.1, 0.15) is 5.82 Å². The molecule has 1 amide bonds. The molecule has 7 nitrogen and oxygen atoms in total. The van der Waals surface area contributed by atoms with Crippen LogP contribution in [0.25, 0.3) is 10.9 Å². The smallest absolute Gasteiger partial charge is 0.258 e. The number of rotatable bonds is 5. The van der Waals surface area contributed by atoms with E-state index in [4.69, 9.17) is 0 Å². The Morgan fingerprint density at radius 1 is 1.21 bits per heavy atom. The number of anilines is 1. The molecule has 2 heterocycles. The molecule has 1 aromatic carbocycles. The minimum Gasteiger partial charge on any atom is -0.322 e. The summed E-state index contributed by atoms with van der Waals surface area (Å²) in [6.07, 6.45) is 4.87. The molecule has 0 spiro atoms. The van der Waals surface area contributed by atoms with Crippen molar-refractivity contribution in [3.05, 3.63) is 48.2 Å². The number of hydrogen-bond donors (Lipinski definition) is 2. The van der Waals surface area contributed by atoms with E-state index in [2.05, 4.69) is 39.5 Å². The van der Waals surface area contributed by atoms with Gasteiger partial charge in [-0.1, -0.05) is 0 Å². The molecule has 0 aliphatic carbocycles. The quantitative estimate of drug-likeness (QED) is 0.753. The van der Waals surface area contributed by atoms with Crippen molar-refractivity contribution >= 4 is 22.5 Å². The van der Waals surface area contributed by atoms with Gasteiger partial charge in [0.15, 0.2) is 0 Å². The molecule has 124 valence electrons.